The summed E-state index contributed by atoms with van der Waals surface area (Å²) in [7, 11) is 0. The van der Waals surface area contributed by atoms with Gasteiger partial charge in [-0.3, -0.25) is 4.79 Å². The van der Waals surface area contributed by atoms with Crippen LogP contribution in [0.15, 0.2) is 0 Å². The largest absolute Gasteiger partial charge is 0.299 e. The molecule has 0 unspecified atom stereocenters. The molecule has 0 atom stereocenters. The van der Waals surface area contributed by atoms with Crippen molar-refractivity contribution in [3.63, 3.8) is 0 Å². The van der Waals surface area contributed by atoms with Crippen molar-refractivity contribution in [2.24, 2.45) is 0 Å². The molecule has 0 heterocycles. The Morgan fingerprint density at radius 2 is 1.60 bits per heavy atom. The second kappa shape index (κ2) is 10.3. The Bertz CT molecular complexity index is 187. The van der Waals surface area contributed by atoms with E-state index in [0.29, 0.717) is 18.6 Å². The number of carbonyl (C=O) groups excluding carboxylic acids is 1. The minimum absolute atomic E-state index is 0.316. The van der Waals surface area contributed by atoms with Crippen LogP contribution in [0.1, 0.15) is 71.6 Å². The van der Waals surface area contributed by atoms with Crippen molar-refractivity contribution in [1.82, 2.24) is 0 Å². The summed E-state index contributed by atoms with van der Waals surface area (Å²) < 4.78 is 0. The average molecular weight is 228 g/mol. The third-order valence-corrected chi connectivity index (χ3v) is 2.83. The topological polar surface area (TPSA) is 17.1 Å². The van der Waals surface area contributed by atoms with Gasteiger partial charge in [0.25, 0.3) is 0 Å². The molecule has 0 aromatic rings. The maximum atomic E-state index is 11.3. The molecular formula is C13H24OS. The lowest BCUT2D eigenvalue weighted by Gasteiger charge is -2.02. The van der Waals surface area contributed by atoms with Gasteiger partial charge in [-0.15, -0.1) is 0 Å². The maximum absolute atomic E-state index is 11.3. The summed E-state index contributed by atoms with van der Waals surface area (Å²) in [6.07, 6.45) is 9.47. The molecule has 15 heavy (non-hydrogen) atoms. The SMILES string of the molecule is CCCCCCCC(=S)CC(=O)CCC. The fraction of sp³-hybridized carbons (Fsp3) is 0.846. The first kappa shape index (κ1) is 14.8. The first-order valence-electron chi connectivity index (χ1n) is 6.24. The summed E-state index contributed by atoms with van der Waals surface area (Å²) in [6.45, 7) is 4.25. The van der Waals surface area contributed by atoms with E-state index in [1.807, 2.05) is 6.92 Å². The predicted molar refractivity (Wildman–Crippen MR) is 70.5 cm³/mol. The summed E-state index contributed by atoms with van der Waals surface area (Å²) in [5.41, 5.74) is 0. The smallest absolute Gasteiger partial charge is 0.137 e. The van der Waals surface area contributed by atoms with E-state index in [0.717, 1.165) is 24.1 Å². The van der Waals surface area contributed by atoms with E-state index in [1.165, 1.54) is 25.7 Å². The molecule has 0 radical (unpaired) electrons. The van der Waals surface area contributed by atoms with Crippen molar-refractivity contribution in [3.05, 3.63) is 0 Å². The fourth-order valence-corrected chi connectivity index (χ4v) is 1.91. The van der Waals surface area contributed by atoms with Gasteiger partial charge in [-0.1, -0.05) is 51.7 Å². The molecule has 0 aliphatic carbocycles. The Kier molecular flexibility index (Phi) is 10.1. The van der Waals surface area contributed by atoms with Crippen molar-refractivity contribution in [3.8, 4) is 0 Å². The normalized spacial score (nSPS) is 10.3. The van der Waals surface area contributed by atoms with Gasteiger partial charge >= 0.3 is 0 Å². The monoisotopic (exact) mass is 228 g/mol. The molecule has 0 aliphatic rings. The van der Waals surface area contributed by atoms with Crippen LogP contribution in [0.4, 0.5) is 0 Å². The maximum Gasteiger partial charge on any atom is 0.137 e. The molecule has 0 fully saturated rings. The molecule has 2 heteroatoms. The molecule has 0 saturated carbocycles. The molecule has 0 aromatic heterocycles. The number of Topliss-reactive ketones (excluding diaryl/α,β-unsaturated/α-hetero) is 1. The number of thiocarbonyl (C=S) groups is 1. The molecule has 1 nitrogen and oxygen atoms in total. The zero-order chi connectivity index (χ0) is 11.5. The summed E-state index contributed by atoms with van der Waals surface area (Å²) >= 11 is 5.20. The Balaban J connectivity index is 3.37. The van der Waals surface area contributed by atoms with E-state index in [-0.39, 0.29) is 0 Å². The number of hydrogen-bond acceptors (Lipinski definition) is 2. The Morgan fingerprint density at radius 1 is 0.933 bits per heavy atom. The van der Waals surface area contributed by atoms with E-state index in [1.54, 1.807) is 0 Å². The molecule has 0 saturated heterocycles. The van der Waals surface area contributed by atoms with Crippen molar-refractivity contribution < 1.29 is 4.79 Å². The van der Waals surface area contributed by atoms with Gasteiger partial charge in [0, 0.05) is 17.7 Å². The standard InChI is InChI=1S/C13H24OS/c1-3-5-6-7-8-10-13(15)11-12(14)9-4-2/h3-11H2,1-2H3. The van der Waals surface area contributed by atoms with Gasteiger partial charge < -0.3 is 0 Å². The van der Waals surface area contributed by atoms with Gasteiger partial charge in [0.2, 0.25) is 0 Å². The summed E-state index contributed by atoms with van der Waals surface area (Å²) in [5, 5.41) is 0. The summed E-state index contributed by atoms with van der Waals surface area (Å²) in [4.78, 5) is 12.3. The van der Waals surface area contributed by atoms with Gasteiger partial charge in [-0.25, -0.2) is 0 Å². The second-order valence-corrected chi connectivity index (χ2v) is 4.75. The van der Waals surface area contributed by atoms with Crippen LogP contribution >= 0.6 is 12.2 Å². The van der Waals surface area contributed by atoms with E-state index in [9.17, 15) is 4.79 Å². The van der Waals surface area contributed by atoms with Gasteiger partial charge in [0.05, 0.1) is 0 Å². The van der Waals surface area contributed by atoms with E-state index in [4.69, 9.17) is 12.2 Å². The minimum Gasteiger partial charge on any atom is -0.299 e. The highest BCUT2D eigenvalue weighted by Gasteiger charge is 2.04. The van der Waals surface area contributed by atoms with Crippen LogP contribution < -0.4 is 0 Å². The molecule has 0 aromatic carbocycles. The lowest BCUT2D eigenvalue weighted by Crippen LogP contribution is -2.05. The van der Waals surface area contributed by atoms with Crippen LogP contribution in [0, 0.1) is 0 Å². The zero-order valence-corrected chi connectivity index (χ0v) is 11.0. The highest BCUT2D eigenvalue weighted by atomic mass is 32.1. The van der Waals surface area contributed by atoms with Gasteiger partial charge in [0.15, 0.2) is 0 Å². The van der Waals surface area contributed by atoms with E-state index in [2.05, 4.69) is 6.92 Å². The second-order valence-electron chi connectivity index (χ2n) is 4.17. The van der Waals surface area contributed by atoms with Crippen LogP contribution in [0.2, 0.25) is 0 Å². The molecule has 0 bridgehead atoms. The highest BCUT2D eigenvalue weighted by Crippen LogP contribution is 2.08. The third kappa shape index (κ3) is 10.1. The highest BCUT2D eigenvalue weighted by molar-refractivity contribution is 7.80. The third-order valence-electron chi connectivity index (χ3n) is 2.48. The number of ketones is 1. The van der Waals surface area contributed by atoms with Gasteiger partial charge in [-0.05, 0) is 19.3 Å². The fourth-order valence-electron chi connectivity index (χ4n) is 1.60. The van der Waals surface area contributed by atoms with Crippen LogP contribution in [-0.2, 0) is 4.79 Å². The molecule has 88 valence electrons. The first-order chi connectivity index (χ1) is 7.20. The van der Waals surface area contributed by atoms with E-state index >= 15 is 0 Å². The number of rotatable bonds is 10. The molecule has 0 aliphatic heterocycles. The molecule has 0 amide bonds. The summed E-state index contributed by atoms with van der Waals surface area (Å²) in [5.74, 6) is 0.316. The van der Waals surface area contributed by atoms with Crippen LogP contribution in [0.3, 0.4) is 0 Å². The quantitative estimate of drug-likeness (QED) is 0.405. The Labute approximate surface area is 99.6 Å². The van der Waals surface area contributed by atoms with Crippen LogP contribution in [-0.4, -0.2) is 10.6 Å². The molecule has 0 spiro atoms. The lowest BCUT2D eigenvalue weighted by atomic mass is 10.1. The average Bonchev–Trinajstić information content (AvgIpc) is 2.17. The number of unbranched alkanes of at least 4 members (excludes halogenated alkanes) is 4. The van der Waals surface area contributed by atoms with Crippen molar-refractivity contribution in [2.75, 3.05) is 0 Å². The summed E-state index contributed by atoms with van der Waals surface area (Å²) in [6, 6.07) is 0. The van der Waals surface area contributed by atoms with Crippen molar-refractivity contribution in [2.45, 2.75) is 71.6 Å². The van der Waals surface area contributed by atoms with Gasteiger partial charge in [0.1, 0.15) is 5.78 Å². The van der Waals surface area contributed by atoms with Crippen molar-refractivity contribution >= 4 is 22.9 Å². The minimum atomic E-state index is 0.316. The van der Waals surface area contributed by atoms with Crippen LogP contribution in [0.5, 0.6) is 0 Å². The number of carbonyl (C=O) groups is 1. The molecular weight excluding hydrogens is 204 g/mol. The molecule has 0 N–H and O–H groups in total. The number of hydrogen-bond donors (Lipinski definition) is 0. The predicted octanol–water partition coefficient (Wildman–Crippen LogP) is 4.48. The first-order valence-corrected chi connectivity index (χ1v) is 6.64. The van der Waals surface area contributed by atoms with Crippen molar-refractivity contribution in [1.29, 1.82) is 0 Å². The lowest BCUT2D eigenvalue weighted by molar-refractivity contribution is -0.117. The van der Waals surface area contributed by atoms with Crippen LogP contribution in [0.25, 0.3) is 0 Å². The van der Waals surface area contributed by atoms with E-state index < -0.39 is 0 Å². The van der Waals surface area contributed by atoms with Gasteiger partial charge in [-0.2, -0.15) is 0 Å². The Morgan fingerprint density at radius 3 is 2.20 bits per heavy atom. The Hall–Kier alpha value is -0.240. The molecule has 0 rings (SSSR count). The zero-order valence-electron chi connectivity index (χ0n) is 10.2.